The lowest BCUT2D eigenvalue weighted by atomic mass is 10.1. The van der Waals surface area contributed by atoms with Gasteiger partial charge in [-0.2, -0.15) is 0 Å². The molecule has 0 fully saturated rings. The van der Waals surface area contributed by atoms with Crippen molar-refractivity contribution in [2.45, 2.75) is 84.0 Å². The Balaban J connectivity index is 3.05. The van der Waals surface area contributed by atoms with Crippen LogP contribution in [-0.2, 0) is 4.79 Å². The van der Waals surface area contributed by atoms with Gasteiger partial charge in [-0.05, 0) is 6.42 Å². The summed E-state index contributed by atoms with van der Waals surface area (Å²) in [6.07, 6.45) is 15.4. The number of hydrogen-bond acceptors (Lipinski definition) is 1. The maximum atomic E-state index is 11.3. The SMILES string of the molecule is CCCCCCCCCCCCCC(=O)N(C)C. The number of amides is 1. The summed E-state index contributed by atoms with van der Waals surface area (Å²) < 4.78 is 0. The van der Waals surface area contributed by atoms with Crippen molar-refractivity contribution >= 4 is 5.91 Å². The third kappa shape index (κ3) is 11.9. The molecule has 0 heterocycles. The van der Waals surface area contributed by atoms with Crippen molar-refractivity contribution in [3.63, 3.8) is 0 Å². The van der Waals surface area contributed by atoms with Crippen molar-refractivity contribution in [3.05, 3.63) is 0 Å². The molecular formula is C16H33NO. The molecular weight excluding hydrogens is 222 g/mol. The first-order valence-corrected chi connectivity index (χ1v) is 7.88. The molecule has 0 N–H and O–H groups in total. The Morgan fingerprint density at radius 2 is 1.11 bits per heavy atom. The summed E-state index contributed by atoms with van der Waals surface area (Å²) in [4.78, 5) is 13.0. The van der Waals surface area contributed by atoms with Gasteiger partial charge >= 0.3 is 0 Å². The highest BCUT2D eigenvalue weighted by Crippen LogP contribution is 2.12. The molecule has 0 unspecified atom stereocenters. The zero-order chi connectivity index (χ0) is 13.6. The van der Waals surface area contributed by atoms with Crippen LogP contribution in [0.1, 0.15) is 84.0 Å². The topological polar surface area (TPSA) is 20.3 Å². The van der Waals surface area contributed by atoms with Gasteiger partial charge in [0.2, 0.25) is 5.91 Å². The summed E-state index contributed by atoms with van der Waals surface area (Å²) in [5, 5.41) is 0. The van der Waals surface area contributed by atoms with E-state index >= 15 is 0 Å². The second kappa shape index (κ2) is 12.9. The highest BCUT2D eigenvalue weighted by atomic mass is 16.2. The maximum absolute atomic E-state index is 11.3. The Morgan fingerprint density at radius 3 is 1.50 bits per heavy atom. The Kier molecular flexibility index (Phi) is 12.5. The molecule has 0 saturated heterocycles. The number of rotatable bonds is 12. The highest BCUT2D eigenvalue weighted by molar-refractivity contribution is 5.75. The van der Waals surface area contributed by atoms with Crippen molar-refractivity contribution in [2.75, 3.05) is 14.1 Å². The molecule has 0 aliphatic carbocycles. The van der Waals surface area contributed by atoms with Crippen LogP contribution in [0.25, 0.3) is 0 Å². The van der Waals surface area contributed by atoms with E-state index in [2.05, 4.69) is 6.92 Å². The molecule has 0 aliphatic heterocycles. The fraction of sp³-hybridized carbons (Fsp3) is 0.938. The van der Waals surface area contributed by atoms with Gasteiger partial charge in [0.1, 0.15) is 0 Å². The summed E-state index contributed by atoms with van der Waals surface area (Å²) in [6, 6.07) is 0. The van der Waals surface area contributed by atoms with Crippen LogP contribution in [0.5, 0.6) is 0 Å². The highest BCUT2D eigenvalue weighted by Gasteiger charge is 2.02. The normalized spacial score (nSPS) is 10.6. The largest absolute Gasteiger partial charge is 0.349 e. The molecule has 0 atom stereocenters. The Morgan fingerprint density at radius 1 is 0.722 bits per heavy atom. The molecule has 1 amide bonds. The maximum Gasteiger partial charge on any atom is 0.222 e. The minimum Gasteiger partial charge on any atom is -0.349 e. The summed E-state index contributed by atoms with van der Waals surface area (Å²) in [5.74, 6) is 0.269. The minimum absolute atomic E-state index is 0.269. The smallest absolute Gasteiger partial charge is 0.222 e. The van der Waals surface area contributed by atoms with E-state index < -0.39 is 0 Å². The lowest BCUT2D eigenvalue weighted by Gasteiger charge is -2.09. The molecule has 0 aromatic heterocycles. The molecule has 0 aliphatic rings. The fourth-order valence-corrected chi connectivity index (χ4v) is 2.16. The van der Waals surface area contributed by atoms with Crippen molar-refractivity contribution in [3.8, 4) is 0 Å². The lowest BCUT2D eigenvalue weighted by molar-refractivity contribution is -0.128. The fourth-order valence-electron chi connectivity index (χ4n) is 2.16. The molecule has 0 bridgehead atoms. The molecule has 108 valence electrons. The Hall–Kier alpha value is -0.530. The quantitative estimate of drug-likeness (QED) is 0.460. The first-order valence-electron chi connectivity index (χ1n) is 7.88. The molecule has 2 nitrogen and oxygen atoms in total. The summed E-state index contributed by atoms with van der Waals surface area (Å²) in [7, 11) is 3.67. The first kappa shape index (κ1) is 17.5. The van der Waals surface area contributed by atoms with Crippen molar-refractivity contribution in [1.82, 2.24) is 4.90 Å². The van der Waals surface area contributed by atoms with Gasteiger partial charge in [0.15, 0.2) is 0 Å². The Bertz CT molecular complexity index is 190. The summed E-state index contributed by atoms with van der Waals surface area (Å²) in [5.41, 5.74) is 0. The number of nitrogens with zero attached hydrogens (tertiary/aromatic N) is 1. The minimum atomic E-state index is 0.269. The molecule has 2 heteroatoms. The predicted octanol–water partition coefficient (Wildman–Crippen LogP) is 4.78. The molecule has 0 saturated carbocycles. The lowest BCUT2D eigenvalue weighted by Crippen LogP contribution is -2.20. The average Bonchev–Trinajstić information content (AvgIpc) is 2.35. The first-order chi connectivity index (χ1) is 8.68. The van der Waals surface area contributed by atoms with Crippen LogP contribution >= 0.6 is 0 Å². The number of hydrogen-bond donors (Lipinski definition) is 0. The van der Waals surface area contributed by atoms with Gasteiger partial charge in [0.05, 0.1) is 0 Å². The second-order valence-electron chi connectivity index (χ2n) is 5.57. The van der Waals surface area contributed by atoms with Crippen LogP contribution in [0.15, 0.2) is 0 Å². The standard InChI is InChI=1S/C16H33NO/c1-4-5-6-7-8-9-10-11-12-13-14-15-16(18)17(2)3/h4-15H2,1-3H3. The van der Waals surface area contributed by atoms with Crippen molar-refractivity contribution in [1.29, 1.82) is 0 Å². The predicted molar refractivity (Wildman–Crippen MR) is 79.8 cm³/mol. The van der Waals surface area contributed by atoms with Gasteiger partial charge in [-0.25, -0.2) is 0 Å². The van der Waals surface area contributed by atoms with Crippen LogP contribution in [0.2, 0.25) is 0 Å². The van der Waals surface area contributed by atoms with E-state index in [4.69, 9.17) is 0 Å². The van der Waals surface area contributed by atoms with E-state index in [1.165, 1.54) is 64.2 Å². The van der Waals surface area contributed by atoms with E-state index in [1.807, 2.05) is 14.1 Å². The molecule has 0 rings (SSSR count). The van der Waals surface area contributed by atoms with Crippen LogP contribution in [0.4, 0.5) is 0 Å². The van der Waals surface area contributed by atoms with Crippen LogP contribution in [0, 0.1) is 0 Å². The number of unbranched alkanes of at least 4 members (excludes halogenated alkanes) is 10. The third-order valence-electron chi connectivity index (χ3n) is 3.49. The molecule has 0 aromatic carbocycles. The average molecular weight is 255 g/mol. The van der Waals surface area contributed by atoms with Crippen LogP contribution in [0.3, 0.4) is 0 Å². The summed E-state index contributed by atoms with van der Waals surface area (Å²) in [6.45, 7) is 2.26. The van der Waals surface area contributed by atoms with Gasteiger partial charge in [0, 0.05) is 20.5 Å². The zero-order valence-corrected chi connectivity index (χ0v) is 12.8. The monoisotopic (exact) mass is 255 g/mol. The van der Waals surface area contributed by atoms with E-state index in [0.717, 1.165) is 12.8 Å². The zero-order valence-electron chi connectivity index (χ0n) is 12.8. The van der Waals surface area contributed by atoms with Crippen LogP contribution in [-0.4, -0.2) is 24.9 Å². The molecule has 18 heavy (non-hydrogen) atoms. The van der Waals surface area contributed by atoms with E-state index in [9.17, 15) is 4.79 Å². The van der Waals surface area contributed by atoms with Gasteiger partial charge in [-0.15, -0.1) is 0 Å². The van der Waals surface area contributed by atoms with Gasteiger partial charge in [0.25, 0.3) is 0 Å². The van der Waals surface area contributed by atoms with Gasteiger partial charge < -0.3 is 4.90 Å². The third-order valence-corrected chi connectivity index (χ3v) is 3.49. The Labute approximate surface area is 114 Å². The molecule has 0 spiro atoms. The molecule has 0 radical (unpaired) electrons. The van der Waals surface area contributed by atoms with E-state index in [1.54, 1.807) is 4.90 Å². The van der Waals surface area contributed by atoms with E-state index in [-0.39, 0.29) is 5.91 Å². The van der Waals surface area contributed by atoms with E-state index in [0.29, 0.717) is 0 Å². The van der Waals surface area contributed by atoms with Crippen molar-refractivity contribution < 1.29 is 4.79 Å². The van der Waals surface area contributed by atoms with Gasteiger partial charge in [-0.3, -0.25) is 4.79 Å². The van der Waals surface area contributed by atoms with Crippen molar-refractivity contribution in [2.24, 2.45) is 0 Å². The number of carbonyl (C=O) groups is 1. The second-order valence-corrected chi connectivity index (χ2v) is 5.57. The van der Waals surface area contributed by atoms with Crippen LogP contribution < -0.4 is 0 Å². The molecule has 0 aromatic rings. The van der Waals surface area contributed by atoms with Gasteiger partial charge in [-0.1, -0.05) is 71.1 Å². The number of carbonyl (C=O) groups excluding carboxylic acids is 1. The summed E-state index contributed by atoms with van der Waals surface area (Å²) >= 11 is 0.